The number of aromatic nitrogens is 1. The van der Waals surface area contributed by atoms with Crippen LogP contribution in [0.1, 0.15) is 13.8 Å². The third-order valence-electron chi connectivity index (χ3n) is 2.27. The zero-order chi connectivity index (χ0) is 11.4. The molecular weight excluding hydrogens is 216 g/mol. The molecule has 0 aliphatic heterocycles. The van der Waals surface area contributed by atoms with Gasteiger partial charge in [-0.1, -0.05) is 32.0 Å². The average molecular weight is 232 g/mol. The van der Waals surface area contributed by atoms with Crippen molar-refractivity contribution in [1.82, 2.24) is 4.98 Å². The molecule has 2 nitrogen and oxygen atoms in total. The van der Waals surface area contributed by atoms with Gasteiger partial charge in [0.25, 0.3) is 0 Å². The van der Waals surface area contributed by atoms with Crippen molar-refractivity contribution >= 4 is 22.2 Å². The Morgan fingerprint density at radius 1 is 1.25 bits per heavy atom. The first-order valence-corrected chi connectivity index (χ1v) is 6.37. The first-order chi connectivity index (χ1) is 7.77. The summed E-state index contributed by atoms with van der Waals surface area (Å²) < 4.78 is 0. The molecule has 84 valence electrons. The maximum Gasteiger partial charge on any atom is 0.189 e. The molecule has 0 spiro atoms. The molecule has 2 aromatic rings. The molecule has 0 amide bonds. The molecule has 0 unspecified atom stereocenters. The number of para-hydroxylation sites is 1. The second kappa shape index (κ2) is 5.12. The Hall–Kier alpha value is -1.35. The third-order valence-corrected chi connectivity index (χ3v) is 3.06. The van der Waals surface area contributed by atoms with Gasteiger partial charge in [0.2, 0.25) is 0 Å². The number of benzene rings is 1. The minimum absolute atomic E-state index is 0.615. The van der Waals surface area contributed by atoms with Gasteiger partial charge in [-0.25, -0.2) is 4.98 Å². The van der Waals surface area contributed by atoms with Crippen molar-refractivity contribution in [3.8, 4) is 0 Å². The van der Waals surface area contributed by atoms with E-state index in [0.29, 0.717) is 5.92 Å². The van der Waals surface area contributed by atoms with E-state index < -0.39 is 0 Å². The predicted molar refractivity (Wildman–Crippen MR) is 70.4 cm³/mol. The van der Waals surface area contributed by atoms with E-state index in [1.165, 1.54) is 5.69 Å². The molecule has 0 saturated carbocycles. The van der Waals surface area contributed by atoms with Crippen LogP contribution in [0.2, 0.25) is 0 Å². The van der Waals surface area contributed by atoms with Gasteiger partial charge in [-0.2, -0.15) is 0 Å². The largest absolute Gasteiger partial charge is 0.318 e. The first-order valence-electron chi connectivity index (χ1n) is 5.49. The minimum atomic E-state index is 0.615. The van der Waals surface area contributed by atoms with Gasteiger partial charge in [0, 0.05) is 23.8 Å². The summed E-state index contributed by atoms with van der Waals surface area (Å²) in [5, 5.41) is 3.09. The van der Waals surface area contributed by atoms with Crippen molar-refractivity contribution in [1.29, 1.82) is 0 Å². The molecule has 0 aliphatic carbocycles. The van der Waals surface area contributed by atoms with E-state index in [9.17, 15) is 0 Å². The fraction of sp³-hybridized carbons (Fsp3) is 0.308. The lowest BCUT2D eigenvalue weighted by atomic mass is 10.2. The molecule has 0 atom stereocenters. The molecule has 0 radical (unpaired) electrons. The first kappa shape index (κ1) is 11.1. The minimum Gasteiger partial charge on any atom is -0.318 e. The monoisotopic (exact) mass is 232 g/mol. The SMILES string of the molecule is CC(C)CN(c1ccccc1)c1nccs1. The summed E-state index contributed by atoms with van der Waals surface area (Å²) in [6.07, 6.45) is 1.86. The molecule has 1 heterocycles. The average Bonchev–Trinajstić information content (AvgIpc) is 2.80. The van der Waals surface area contributed by atoms with Crippen LogP contribution >= 0.6 is 11.3 Å². The highest BCUT2D eigenvalue weighted by Crippen LogP contribution is 2.27. The summed E-state index contributed by atoms with van der Waals surface area (Å²) in [7, 11) is 0. The fourth-order valence-corrected chi connectivity index (χ4v) is 2.29. The van der Waals surface area contributed by atoms with E-state index >= 15 is 0 Å². The molecule has 0 N–H and O–H groups in total. The van der Waals surface area contributed by atoms with Crippen molar-refractivity contribution < 1.29 is 0 Å². The number of nitrogens with zero attached hydrogens (tertiary/aromatic N) is 2. The van der Waals surface area contributed by atoms with Crippen molar-refractivity contribution in [2.75, 3.05) is 11.4 Å². The van der Waals surface area contributed by atoms with E-state index in [2.05, 4.69) is 48.0 Å². The molecule has 16 heavy (non-hydrogen) atoms. The maximum absolute atomic E-state index is 4.39. The Morgan fingerprint density at radius 2 is 2.00 bits per heavy atom. The molecule has 3 heteroatoms. The van der Waals surface area contributed by atoms with E-state index in [0.717, 1.165) is 11.7 Å². The zero-order valence-corrected chi connectivity index (χ0v) is 10.4. The van der Waals surface area contributed by atoms with Crippen LogP contribution in [0.3, 0.4) is 0 Å². The normalized spacial score (nSPS) is 10.7. The van der Waals surface area contributed by atoms with Crippen LogP contribution in [0.25, 0.3) is 0 Å². The third kappa shape index (κ3) is 2.61. The second-order valence-corrected chi connectivity index (χ2v) is 5.03. The summed E-state index contributed by atoms with van der Waals surface area (Å²) in [5.41, 5.74) is 1.21. The summed E-state index contributed by atoms with van der Waals surface area (Å²) >= 11 is 1.68. The van der Waals surface area contributed by atoms with Crippen LogP contribution in [0, 0.1) is 5.92 Å². The standard InChI is InChI=1S/C13H16N2S/c1-11(2)10-15(13-14-8-9-16-13)12-6-4-3-5-7-12/h3-9,11H,10H2,1-2H3. The summed E-state index contributed by atoms with van der Waals surface area (Å²) in [6.45, 7) is 5.45. The Morgan fingerprint density at radius 3 is 2.56 bits per heavy atom. The number of anilines is 2. The Kier molecular flexibility index (Phi) is 3.57. The second-order valence-electron chi connectivity index (χ2n) is 4.15. The van der Waals surface area contributed by atoms with E-state index in [1.807, 2.05) is 17.6 Å². The van der Waals surface area contributed by atoms with Crippen LogP contribution < -0.4 is 4.90 Å². The highest BCUT2D eigenvalue weighted by molar-refractivity contribution is 7.13. The molecule has 0 fully saturated rings. The lowest BCUT2D eigenvalue weighted by Gasteiger charge is -2.23. The van der Waals surface area contributed by atoms with Crippen LogP contribution in [-0.2, 0) is 0 Å². The lowest BCUT2D eigenvalue weighted by molar-refractivity contribution is 0.651. The van der Waals surface area contributed by atoms with Gasteiger partial charge in [0.1, 0.15) is 0 Å². The summed E-state index contributed by atoms with van der Waals surface area (Å²) in [5.74, 6) is 0.615. The van der Waals surface area contributed by atoms with E-state index in [1.54, 1.807) is 11.3 Å². The predicted octanol–water partition coefficient (Wildman–Crippen LogP) is 3.94. The highest BCUT2D eigenvalue weighted by Gasteiger charge is 2.12. The van der Waals surface area contributed by atoms with Gasteiger partial charge in [0.15, 0.2) is 5.13 Å². The molecule has 0 aliphatic rings. The van der Waals surface area contributed by atoms with Crippen molar-refractivity contribution in [3.05, 3.63) is 41.9 Å². The van der Waals surface area contributed by atoms with Crippen molar-refractivity contribution in [2.45, 2.75) is 13.8 Å². The molecule has 0 bridgehead atoms. The van der Waals surface area contributed by atoms with E-state index in [4.69, 9.17) is 0 Å². The fourth-order valence-electron chi connectivity index (χ4n) is 1.62. The van der Waals surface area contributed by atoms with Gasteiger partial charge in [-0.15, -0.1) is 11.3 Å². The number of hydrogen-bond acceptors (Lipinski definition) is 3. The van der Waals surface area contributed by atoms with Crippen molar-refractivity contribution in [3.63, 3.8) is 0 Å². The van der Waals surface area contributed by atoms with Gasteiger partial charge < -0.3 is 4.90 Å². The zero-order valence-electron chi connectivity index (χ0n) is 9.63. The van der Waals surface area contributed by atoms with Gasteiger partial charge in [-0.3, -0.25) is 0 Å². The molecule has 0 saturated heterocycles. The summed E-state index contributed by atoms with van der Waals surface area (Å²) in [4.78, 5) is 6.66. The highest BCUT2D eigenvalue weighted by atomic mass is 32.1. The molecule has 1 aromatic heterocycles. The van der Waals surface area contributed by atoms with Crippen LogP contribution in [0.4, 0.5) is 10.8 Å². The van der Waals surface area contributed by atoms with Crippen LogP contribution in [-0.4, -0.2) is 11.5 Å². The van der Waals surface area contributed by atoms with E-state index in [-0.39, 0.29) is 0 Å². The quantitative estimate of drug-likeness (QED) is 0.793. The number of hydrogen-bond donors (Lipinski definition) is 0. The lowest BCUT2D eigenvalue weighted by Crippen LogP contribution is -2.22. The number of rotatable bonds is 4. The van der Waals surface area contributed by atoms with Crippen molar-refractivity contribution in [2.24, 2.45) is 5.92 Å². The number of thiazole rings is 1. The summed E-state index contributed by atoms with van der Waals surface area (Å²) in [6, 6.07) is 10.4. The maximum atomic E-state index is 4.39. The Balaban J connectivity index is 2.29. The van der Waals surface area contributed by atoms with Gasteiger partial charge in [0.05, 0.1) is 0 Å². The van der Waals surface area contributed by atoms with Gasteiger partial charge in [-0.05, 0) is 18.1 Å². The Bertz CT molecular complexity index is 409. The Labute approximate surface area is 101 Å². The molecular formula is C13H16N2S. The van der Waals surface area contributed by atoms with Crippen LogP contribution in [0.15, 0.2) is 41.9 Å². The van der Waals surface area contributed by atoms with Crippen LogP contribution in [0.5, 0.6) is 0 Å². The molecule has 2 rings (SSSR count). The van der Waals surface area contributed by atoms with Gasteiger partial charge >= 0.3 is 0 Å². The molecule has 1 aromatic carbocycles. The smallest absolute Gasteiger partial charge is 0.189 e. The topological polar surface area (TPSA) is 16.1 Å².